The quantitative estimate of drug-likeness (QED) is 0.674. The molecule has 84 valence electrons. The Morgan fingerprint density at radius 1 is 1.36 bits per heavy atom. The van der Waals surface area contributed by atoms with E-state index >= 15 is 0 Å². The maximum Gasteiger partial charge on any atom is 0.0596 e. The van der Waals surface area contributed by atoms with E-state index in [2.05, 4.69) is 37.6 Å². The Labute approximate surface area is 88.0 Å². The summed E-state index contributed by atoms with van der Waals surface area (Å²) in [5, 5.41) is 0. The van der Waals surface area contributed by atoms with E-state index in [0.717, 1.165) is 13.2 Å². The molecule has 3 heteroatoms. The van der Waals surface area contributed by atoms with Crippen LogP contribution in [0.2, 0.25) is 0 Å². The minimum Gasteiger partial charge on any atom is -0.377 e. The lowest BCUT2D eigenvalue weighted by Gasteiger charge is -2.37. The van der Waals surface area contributed by atoms with Crippen LogP contribution in [0.25, 0.3) is 0 Å². The van der Waals surface area contributed by atoms with Crippen LogP contribution in [0.1, 0.15) is 20.8 Å². The Morgan fingerprint density at radius 3 is 2.64 bits per heavy atom. The summed E-state index contributed by atoms with van der Waals surface area (Å²) in [5.41, 5.74) is 0. The highest BCUT2D eigenvalue weighted by Crippen LogP contribution is 2.06. The van der Waals surface area contributed by atoms with E-state index in [4.69, 9.17) is 4.74 Å². The number of hydrogen-bond acceptors (Lipinski definition) is 3. The van der Waals surface area contributed by atoms with Gasteiger partial charge in [0.25, 0.3) is 0 Å². The first-order valence-corrected chi connectivity index (χ1v) is 5.64. The smallest absolute Gasteiger partial charge is 0.0596 e. The molecule has 14 heavy (non-hydrogen) atoms. The summed E-state index contributed by atoms with van der Waals surface area (Å²) >= 11 is 0. The number of rotatable bonds is 4. The highest BCUT2D eigenvalue weighted by atomic mass is 16.5. The molecule has 0 spiro atoms. The van der Waals surface area contributed by atoms with Crippen molar-refractivity contribution in [3.05, 3.63) is 0 Å². The van der Waals surface area contributed by atoms with Crippen LogP contribution in [0.5, 0.6) is 0 Å². The molecule has 1 unspecified atom stereocenters. The van der Waals surface area contributed by atoms with Gasteiger partial charge >= 0.3 is 0 Å². The summed E-state index contributed by atoms with van der Waals surface area (Å²) in [6, 6.07) is 0.683. The topological polar surface area (TPSA) is 15.7 Å². The predicted octanol–water partition coefficient (Wildman–Crippen LogP) is 1.05. The first kappa shape index (κ1) is 12.0. The van der Waals surface area contributed by atoms with Crippen molar-refractivity contribution in [2.75, 3.05) is 39.8 Å². The maximum atomic E-state index is 5.55. The fraction of sp³-hybridized carbons (Fsp3) is 1.00. The van der Waals surface area contributed by atoms with Gasteiger partial charge in [-0.2, -0.15) is 0 Å². The lowest BCUT2D eigenvalue weighted by Crippen LogP contribution is -2.50. The minimum atomic E-state index is 0.361. The van der Waals surface area contributed by atoms with E-state index < -0.39 is 0 Å². The highest BCUT2D eigenvalue weighted by molar-refractivity contribution is 4.76. The van der Waals surface area contributed by atoms with Gasteiger partial charge in [0.15, 0.2) is 0 Å². The second-order valence-electron chi connectivity index (χ2n) is 4.55. The van der Waals surface area contributed by atoms with E-state index in [0.29, 0.717) is 12.1 Å². The van der Waals surface area contributed by atoms with Crippen LogP contribution in [0.3, 0.4) is 0 Å². The fourth-order valence-corrected chi connectivity index (χ4v) is 1.74. The van der Waals surface area contributed by atoms with Crippen LogP contribution < -0.4 is 0 Å². The molecule has 0 N–H and O–H groups in total. The van der Waals surface area contributed by atoms with Gasteiger partial charge in [-0.3, -0.25) is 4.90 Å². The maximum absolute atomic E-state index is 5.55. The van der Waals surface area contributed by atoms with Crippen molar-refractivity contribution < 1.29 is 4.74 Å². The van der Waals surface area contributed by atoms with E-state index in [1.165, 1.54) is 19.6 Å². The van der Waals surface area contributed by atoms with Gasteiger partial charge in [-0.05, 0) is 27.8 Å². The summed E-state index contributed by atoms with van der Waals surface area (Å²) in [6.07, 6.45) is 0.361. The predicted molar refractivity (Wildman–Crippen MR) is 59.6 cm³/mol. The van der Waals surface area contributed by atoms with Crippen molar-refractivity contribution in [3.63, 3.8) is 0 Å². The first-order chi connectivity index (χ1) is 6.59. The van der Waals surface area contributed by atoms with Crippen molar-refractivity contribution in [2.24, 2.45) is 0 Å². The third kappa shape index (κ3) is 3.95. The van der Waals surface area contributed by atoms with Crippen molar-refractivity contribution in [2.45, 2.75) is 32.9 Å². The highest BCUT2D eigenvalue weighted by Gasteiger charge is 2.19. The van der Waals surface area contributed by atoms with Gasteiger partial charge in [0.2, 0.25) is 0 Å². The Bertz CT molecular complexity index is 161. The summed E-state index contributed by atoms with van der Waals surface area (Å²) in [4.78, 5) is 4.91. The summed E-state index contributed by atoms with van der Waals surface area (Å²) in [6.45, 7) is 12.0. The van der Waals surface area contributed by atoms with Gasteiger partial charge in [0.1, 0.15) is 0 Å². The van der Waals surface area contributed by atoms with E-state index in [9.17, 15) is 0 Å². The van der Waals surface area contributed by atoms with Gasteiger partial charge in [0, 0.05) is 32.2 Å². The number of likely N-dealkylation sites (N-methyl/N-ethyl adjacent to an activating group) is 1. The molecule has 0 saturated carbocycles. The summed E-state index contributed by atoms with van der Waals surface area (Å²) < 4.78 is 5.55. The van der Waals surface area contributed by atoms with E-state index in [1.807, 2.05) is 0 Å². The largest absolute Gasteiger partial charge is 0.377 e. The van der Waals surface area contributed by atoms with Crippen LogP contribution >= 0.6 is 0 Å². The number of nitrogens with zero attached hydrogens (tertiary/aromatic N) is 2. The zero-order valence-corrected chi connectivity index (χ0v) is 9.99. The minimum absolute atomic E-state index is 0.361. The molecule has 0 bridgehead atoms. The molecule has 0 radical (unpaired) electrons. The second-order valence-corrected chi connectivity index (χ2v) is 4.55. The molecule has 1 heterocycles. The number of ether oxygens (including phenoxy) is 1. The molecule has 0 aromatic rings. The van der Waals surface area contributed by atoms with Crippen molar-refractivity contribution in [1.29, 1.82) is 0 Å². The molecular weight excluding hydrogens is 176 g/mol. The number of hydrogen-bond donors (Lipinski definition) is 0. The Kier molecular flexibility index (Phi) is 4.85. The molecule has 1 saturated heterocycles. The van der Waals surface area contributed by atoms with Crippen LogP contribution in [0.4, 0.5) is 0 Å². The van der Waals surface area contributed by atoms with Crippen LogP contribution in [-0.4, -0.2) is 61.8 Å². The zero-order valence-electron chi connectivity index (χ0n) is 9.99. The second kappa shape index (κ2) is 5.69. The molecule has 0 aromatic carbocycles. The zero-order chi connectivity index (χ0) is 10.6. The molecule has 1 aliphatic heterocycles. The molecule has 1 atom stereocenters. The Balaban J connectivity index is 2.13. The van der Waals surface area contributed by atoms with Gasteiger partial charge in [-0.25, -0.2) is 0 Å². The van der Waals surface area contributed by atoms with Crippen molar-refractivity contribution in [3.8, 4) is 0 Å². The fourth-order valence-electron chi connectivity index (χ4n) is 1.74. The standard InChI is InChI=1S/C11H24N2O/c1-10(2)14-8-7-13-6-5-12(4)11(3)9-13/h10-11H,5-9H2,1-4H3. The lowest BCUT2D eigenvalue weighted by molar-refractivity contribution is 0.0371. The average molecular weight is 200 g/mol. The molecule has 3 nitrogen and oxygen atoms in total. The Morgan fingerprint density at radius 2 is 2.07 bits per heavy atom. The summed E-state index contributed by atoms with van der Waals surface area (Å²) in [5.74, 6) is 0. The SMILES string of the molecule is CC(C)OCCN1CCN(C)C(C)C1. The normalized spacial score (nSPS) is 25.9. The third-order valence-corrected chi connectivity index (χ3v) is 2.90. The van der Waals surface area contributed by atoms with Gasteiger partial charge < -0.3 is 9.64 Å². The molecule has 0 aliphatic carbocycles. The van der Waals surface area contributed by atoms with E-state index in [-0.39, 0.29) is 0 Å². The molecule has 1 rings (SSSR count). The van der Waals surface area contributed by atoms with Crippen LogP contribution in [0.15, 0.2) is 0 Å². The van der Waals surface area contributed by atoms with Crippen LogP contribution in [-0.2, 0) is 4.74 Å². The molecule has 0 aromatic heterocycles. The van der Waals surface area contributed by atoms with Gasteiger partial charge in [-0.15, -0.1) is 0 Å². The lowest BCUT2D eigenvalue weighted by atomic mass is 10.2. The van der Waals surface area contributed by atoms with Crippen molar-refractivity contribution in [1.82, 2.24) is 9.80 Å². The molecule has 1 fully saturated rings. The Hall–Kier alpha value is -0.120. The van der Waals surface area contributed by atoms with Crippen molar-refractivity contribution >= 4 is 0 Å². The monoisotopic (exact) mass is 200 g/mol. The first-order valence-electron chi connectivity index (χ1n) is 5.64. The number of piperazine rings is 1. The average Bonchev–Trinajstić information content (AvgIpc) is 2.10. The van der Waals surface area contributed by atoms with Gasteiger partial charge in [0.05, 0.1) is 12.7 Å². The molecule has 0 amide bonds. The summed E-state index contributed by atoms with van der Waals surface area (Å²) in [7, 11) is 2.20. The van der Waals surface area contributed by atoms with E-state index in [1.54, 1.807) is 0 Å². The molecular formula is C11H24N2O. The van der Waals surface area contributed by atoms with Crippen LogP contribution in [0, 0.1) is 0 Å². The molecule has 1 aliphatic rings. The van der Waals surface area contributed by atoms with Gasteiger partial charge in [-0.1, -0.05) is 0 Å². The third-order valence-electron chi connectivity index (χ3n) is 2.90.